The van der Waals surface area contributed by atoms with Gasteiger partial charge in [-0.2, -0.15) is 18.4 Å². The zero-order valence-corrected chi connectivity index (χ0v) is 9.28. The van der Waals surface area contributed by atoms with E-state index in [2.05, 4.69) is 5.32 Å². The predicted molar refractivity (Wildman–Crippen MR) is 56.6 cm³/mol. The minimum Gasteiger partial charge on any atom is -0.315 e. The van der Waals surface area contributed by atoms with Crippen LogP contribution in [0.25, 0.3) is 0 Å². The maximum Gasteiger partial charge on any atom is 0.401 e. The number of hydrogen-bond donors (Lipinski definition) is 2. The van der Waals surface area contributed by atoms with E-state index in [1.807, 2.05) is 11.4 Å². The molecule has 0 aliphatic heterocycles. The molecule has 0 atom stereocenters. The first-order valence-corrected chi connectivity index (χ1v) is 5.35. The molecule has 1 aromatic rings. The maximum absolute atomic E-state index is 11.8. The number of thiophene rings is 1. The van der Waals surface area contributed by atoms with E-state index in [4.69, 9.17) is 5.26 Å². The number of nitrogens with zero attached hydrogens (tertiary/aromatic N) is 1. The predicted octanol–water partition coefficient (Wildman–Crippen LogP) is 1.71. The van der Waals surface area contributed by atoms with Crippen LogP contribution in [0.15, 0.2) is 11.4 Å². The van der Waals surface area contributed by atoms with Crippen LogP contribution in [0.2, 0.25) is 0 Å². The maximum atomic E-state index is 11.8. The van der Waals surface area contributed by atoms with Crippen LogP contribution in [0.1, 0.15) is 5.56 Å². The number of amides is 1. The van der Waals surface area contributed by atoms with Crippen molar-refractivity contribution in [3.8, 4) is 6.07 Å². The Morgan fingerprint density at radius 2 is 2.24 bits per heavy atom. The molecule has 0 aromatic carbocycles. The first kappa shape index (κ1) is 13.5. The van der Waals surface area contributed by atoms with Crippen molar-refractivity contribution in [3.05, 3.63) is 17.0 Å². The normalized spacial score (nSPS) is 10.9. The molecule has 0 radical (unpaired) electrons. The van der Waals surface area contributed by atoms with Gasteiger partial charge in [-0.05, 0) is 11.4 Å². The zero-order valence-electron chi connectivity index (χ0n) is 8.47. The molecule has 92 valence electrons. The van der Waals surface area contributed by atoms with Gasteiger partial charge in [0, 0.05) is 0 Å². The second-order valence-electron chi connectivity index (χ2n) is 3.04. The lowest BCUT2D eigenvalue weighted by Crippen LogP contribution is -2.35. The largest absolute Gasteiger partial charge is 0.401 e. The molecule has 4 nitrogen and oxygen atoms in total. The molecule has 0 fully saturated rings. The highest BCUT2D eigenvalue weighted by atomic mass is 32.1. The Morgan fingerprint density at radius 3 is 2.82 bits per heavy atom. The SMILES string of the molecule is N#Cc1ccsc1NC(=O)CNCC(F)(F)F. The van der Waals surface area contributed by atoms with Crippen molar-refractivity contribution in [2.45, 2.75) is 6.18 Å². The number of carbonyl (C=O) groups is 1. The highest BCUT2D eigenvalue weighted by molar-refractivity contribution is 7.14. The Bertz CT molecular complexity index is 435. The summed E-state index contributed by atoms with van der Waals surface area (Å²) in [6.07, 6.45) is -4.35. The summed E-state index contributed by atoms with van der Waals surface area (Å²) in [6, 6.07) is 3.37. The molecule has 1 heterocycles. The number of nitrogens with one attached hydrogen (secondary N) is 2. The molecule has 2 N–H and O–H groups in total. The molecule has 0 spiro atoms. The Morgan fingerprint density at radius 1 is 1.53 bits per heavy atom. The highest BCUT2D eigenvalue weighted by Gasteiger charge is 2.26. The molecule has 0 aliphatic rings. The van der Waals surface area contributed by atoms with Crippen LogP contribution in [-0.4, -0.2) is 25.2 Å². The van der Waals surface area contributed by atoms with Crippen molar-refractivity contribution < 1.29 is 18.0 Å². The van der Waals surface area contributed by atoms with Crippen molar-refractivity contribution in [1.29, 1.82) is 5.26 Å². The lowest BCUT2D eigenvalue weighted by Gasteiger charge is -2.07. The van der Waals surface area contributed by atoms with E-state index in [-0.39, 0.29) is 0 Å². The van der Waals surface area contributed by atoms with Gasteiger partial charge in [0.05, 0.1) is 18.7 Å². The summed E-state index contributed by atoms with van der Waals surface area (Å²) in [5, 5.41) is 14.9. The van der Waals surface area contributed by atoms with Gasteiger partial charge in [-0.15, -0.1) is 11.3 Å². The number of halogens is 3. The topological polar surface area (TPSA) is 64.9 Å². The summed E-state index contributed by atoms with van der Waals surface area (Å²) in [4.78, 5) is 11.2. The van der Waals surface area contributed by atoms with E-state index >= 15 is 0 Å². The molecule has 0 unspecified atom stereocenters. The molecule has 1 rings (SSSR count). The Hall–Kier alpha value is -1.59. The second kappa shape index (κ2) is 5.65. The molecule has 0 bridgehead atoms. The summed E-state index contributed by atoms with van der Waals surface area (Å²) in [5.41, 5.74) is 0.291. The van der Waals surface area contributed by atoms with E-state index in [1.165, 1.54) is 6.07 Å². The fourth-order valence-corrected chi connectivity index (χ4v) is 1.74. The van der Waals surface area contributed by atoms with Crippen molar-refractivity contribution in [2.75, 3.05) is 18.4 Å². The Labute approximate surface area is 99.0 Å². The van der Waals surface area contributed by atoms with Gasteiger partial charge in [0.25, 0.3) is 0 Å². The lowest BCUT2D eigenvalue weighted by molar-refractivity contribution is -0.126. The third-order valence-electron chi connectivity index (χ3n) is 1.65. The number of alkyl halides is 3. The van der Waals surface area contributed by atoms with E-state index in [0.29, 0.717) is 10.6 Å². The van der Waals surface area contributed by atoms with Crippen LogP contribution >= 0.6 is 11.3 Å². The van der Waals surface area contributed by atoms with Gasteiger partial charge in [-0.3, -0.25) is 4.79 Å². The fraction of sp³-hybridized carbons (Fsp3) is 0.333. The first-order chi connectivity index (χ1) is 7.92. The number of rotatable bonds is 4. The van der Waals surface area contributed by atoms with Crippen LogP contribution in [0.5, 0.6) is 0 Å². The Balaban J connectivity index is 2.38. The van der Waals surface area contributed by atoms with Gasteiger partial charge in [0.1, 0.15) is 11.1 Å². The van der Waals surface area contributed by atoms with Crippen LogP contribution in [-0.2, 0) is 4.79 Å². The van der Waals surface area contributed by atoms with Crippen LogP contribution in [0, 0.1) is 11.3 Å². The quantitative estimate of drug-likeness (QED) is 0.869. The number of nitriles is 1. The number of carbonyl (C=O) groups excluding carboxylic acids is 1. The number of anilines is 1. The third-order valence-corrected chi connectivity index (χ3v) is 2.48. The van der Waals surface area contributed by atoms with E-state index in [1.54, 1.807) is 5.38 Å². The second-order valence-corrected chi connectivity index (χ2v) is 3.96. The van der Waals surface area contributed by atoms with Crippen molar-refractivity contribution in [3.63, 3.8) is 0 Å². The summed E-state index contributed by atoms with van der Waals surface area (Å²) in [7, 11) is 0. The summed E-state index contributed by atoms with van der Waals surface area (Å²) in [5.74, 6) is -0.617. The molecular formula is C9H8F3N3OS. The molecule has 8 heteroatoms. The summed E-state index contributed by atoms with van der Waals surface area (Å²) < 4.78 is 35.3. The van der Waals surface area contributed by atoms with E-state index in [9.17, 15) is 18.0 Å². The van der Waals surface area contributed by atoms with Gasteiger partial charge < -0.3 is 10.6 Å². The molecular weight excluding hydrogens is 255 g/mol. The van der Waals surface area contributed by atoms with Crippen molar-refractivity contribution >= 4 is 22.2 Å². The minimum atomic E-state index is -4.35. The average molecular weight is 263 g/mol. The van der Waals surface area contributed by atoms with Crippen LogP contribution < -0.4 is 10.6 Å². The van der Waals surface area contributed by atoms with Crippen molar-refractivity contribution in [2.24, 2.45) is 0 Å². The summed E-state index contributed by atoms with van der Waals surface area (Å²) in [6.45, 7) is -1.68. The smallest absolute Gasteiger partial charge is 0.315 e. The summed E-state index contributed by atoms with van der Waals surface area (Å²) >= 11 is 1.14. The molecule has 0 saturated carbocycles. The van der Waals surface area contributed by atoms with Crippen molar-refractivity contribution in [1.82, 2.24) is 5.32 Å². The fourth-order valence-electron chi connectivity index (χ4n) is 0.983. The van der Waals surface area contributed by atoms with E-state index in [0.717, 1.165) is 11.3 Å². The van der Waals surface area contributed by atoms with E-state index < -0.39 is 25.2 Å². The van der Waals surface area contributed by atoms with Crippen LogP contribution in [0.4, 0.5) is 18.2 Å². The zero-order chi connectivity index (χ0) is 12.9. The molecule has 0 saturated heterocycles. The van der Waals surface area contributed by atoms with Crippen LogP contribution in [0.3, 0.4) is 0 Å². The Kier molecular flexibility index (Phi) is 4.48. The molecule has 17 heavy (non-hydrogen) atoms. The van der Waals surface area contributed by atoms with Gasteiger partial charge in [-0.25, -0.2) is 0 Å². The van der Waals surface area contributed by atoms with Gasteiger partial charge in [-0.1, -0.05) is 0 Å². The standard InChI is InChI=1S/C9H8F3N3OS/c10-9(11,12)5-14-4-7(16)15-8-6(3-13)1-2-17-8/h1-2,14H,4-5H2,(H,15,16). The molecule has 1 amide bonds. The molecule has 1 aromatic heterocycles. The average Bonchev–Trinajstić information content (AvgIpc) is 2.63. The monoisotopic (exact) mass is 263 g/mol. The third kappa shape index (κ3) is 4.84. The minimum absolute atomic E-state index is 0.291. The highest BCUT2D eigenvalue weighted by Crippen LogP contribution is 2.21. The number of hydrogen-bond acceptors (Lipinski definition) is 4. The van der Waals surface area contributed by atoms with Gasteiger partial charge >= 0.3 is 6.18 Å². The lowest BCUT2D eigenvalue weighted by atomic mass is 10.3. The van der Waals surface area contributed by atoms with Gasteiger partial charge in [0.2, 0.25) is 5.91 Å². The van der Waals surface area contributed by atoms with Gasteiger partial charge in [0.15, 0.2) is 0 Å². The first-order valence-electron chi connectivity index (χ1n) is 4.47. The molecule has 0 aliphatic carbocycles.